The molecule has 2 aromatic carbocycles. The lowest BCUT2D eigenvalue weighted by Crippen LogP contribution is -2.24. The Balaban J connectivity index is 1.64. The first-order valence-electron chi connectivity index (χ1n) is 7.89. The summed E-state index contributed by atoms with van der Waals surface area (Å²) in [6.07, 6.45) is 1.42. The lowest BCUT2D eigenvalue weighted by molar-refractivity contribution is -0.122. The number of tetrazole rings is 1. The van der Waals surface area contributed by atoms with Crippen LogP contribution in [0.2, 0.25) is 0 Å². The standard InChI is InChI=1S/C17H14Br2N6O3/c1-28-12-7-11(14(18)15(19)16(12)27)8-20-21-13(26)9-25-23-17(22-24-25)10-5-3-2-4-6-10/h2-8,27H,9H2,1H3,(H,21,26)/b20-8-. The average Bonchev–Trinajstić information content (AvgIpc) is 3.17. The molecule has 0 aliphatic carbocycles. The molecule has 3 aromatic rings. The molecule has 0 atom stereocenters. The fourth-order valence-electron chi connectivity index (χ4n) is 2.21. The summed E-state index contributed by atoms with van der Waals surface area (Å²) in [5, 5.41) is 25.8. The number of benzene rings is 2. The molecule has 1 amide bonds. The van der Waals surface area contributed by atoms with Gasteiger partial charge in [0.15, 0.2) is 11.5 Å². The van der Waals surface area contributed by atoms with E-state index in [-0.39, 0.29) is 18.0 Å². The maximum Gasteiger partial charge on any atom is 0.263 e. The summed E-state index contributed by atoms with van der Waals surface area (Å²) in [6, 6.07) is 10.9. The number of halogens is 2. The molecule has 28 heavy (non-hydrogen) atoms. The van der Waals surface area contributed by atoms with E-state index >= 15 is 0 Å². The molecule has 0 radical (unpaired) electrons. The summed E-state index contributed by atoms with van der Waals surface area (Å²) in [7, 11) is 1.44. The minimum Gasteiger partial charge on any atom is -0.503 e. The van der Waals surface area contributed by atoms with Crippen LogP contribution in [0.25, 0.3) is 11.4 Å². The zero-order valence-electron chi connectivity index (χ0n) is 14.5. The van der Waals surface area contributed by atoms with Crippen molar-refractivity contribution in [2.75, 3.05) is 7.11 Å². The first-order valence-corrected chi connectivity index (χ1v) is 9.48. The molecule has 0 bridgehead atoms. The Hall–Kier alpha value is -2.79. The summed E-state index contributed by atoms with van der Waals surface area (Å²) >= 11 is 6.60. The van der Waals surface area contributed by atoms with Crippen molar-refractivity contribution in [3.63, 3.8) is 0 Å². The van der Waals surface area contributed by atoms with Gasteiger partial charge in [-0.3, -0.25) is 4.79 Å². The molecule has 0 aliphatic heterocycles. The monoisotopic (exact) mass is 508 g/mol. The number of hydrogen-bond donors (Lipinski definition) is 2. The number of phenolic OH excluding ortho intramolecular Hbond substituents is 1. The quantitative estimate of drug-likeness (QED) is 0.390. The largest absolute Gasteiger partial charge is 0.503 e. The highest BCUT2D eigenvalue weighted by Gasteiger charge is 2.14. The topological polar surface area (TPSA) is 115 Å². The summed E-state index contributed by atoms with van der Waals surface area (Å²) in [5.74, 6) is 0.237. The number of hydrazone groups is 1. The van der Waals surface area contributed by atoms with Crippen molar-refractivity contribution < 1.29 is 14.6 Å². The number of aromatic hydroxyl groups is 1. The van der Waals surface area contributed by atoms with Gasteiger partial charge in [-0.2, -0.15) is 9.90 Å². The zero-order valence-corrected chi connectivity index (χ0v) is 17.7. The predicted molar refractivity (Wildman–Crippen MR) is 109 cm³/mol. The average molecular weight is 510 g/mol. The number of phenols is 1. The van der Waals surface area contributed by atoms with Crippen LogP contribution in [0.5, 0.6) is 11.5 Å². The minimum atomic E-state index is -0.422. The Labute approximate surface area is 176 Å². The molecule has 0 saturated heterocycles. The van der Waals surface area contributed by atoms with Crippen molar-refractivity contribution in [2.45, 2.75) is 6.54 Å². The maximum atomic E-state index is 12.0. The van der Waals surface area contributed by atoms with Gasteiger partial charge in [-0.25, -0.2) is 5.43 Å². The third-order valence-electron chi connectivity index (χ3n) is 3.56. The van der Waals surface area contributed by atoms with Crippen molar-refractivity contribution in [2.24, 2.45) is 5.10 Å². The van der Waals surface area contributed by atoms with E-state index in [1.807, 2.05) is 30.3 Å². The molecule has 9 nitrogen and oxygen atoms in total. The second-order valence-corrected chi connectivity index (χ2v) is 7.03. The van der Waals surface area contributed by atoms with Gasteiger partial charge in [0.25, 0.3) is 5.91 Å². The van der Waals surface area contributed by atoms with Gasteiger partial charge in [-0.05, 0) is 43.1 Å². The fourth-order valence-corrected chi connectivity index (χ4v) is 3.04. The van der Waals surface area contributed by atoms with Gasteiger partial charge in [0.2, 0.25) is 5.82 Å². The van der Waals surface area contributed by atoms with Gasteiger partial charge in [-0.15, -0.1) is 10.2 Å². The molecule has 0 fully saturated rings. The molecule has 11 heteroatoms. The van der Waals surface area contributed by atoms with Gasteiger partial charge in [0, 0.05) is 15.6 Å². The van der Waals surface area contributed by atoms with Gasteiger partial charge in [-0.1, -0.05) is 30.3 Å². The van der Waals surface area contributed by atoms with Gasteiger partial charge in [0.05, 0.1) is 17.8 Å². The van der Waals surface area contributed by atoms with Crippen molar-refractivity contribution in [3.8, 4) is 22.9 Å². The first kappa shape index (κ1) is 20.0. The summed E-state index contributed by atoms with van der Waals surface area (Å²) in [4.78, 5) is 13.2. The number of methoxy groups -OCH3 is 1. The van der Waals surface area contributed by atoms with Crippen LogP contribution in [0.3, 0.4) is 0 Å². The van der Waals surface area contributed by atoms with Crippen LogP contribution in [-0.2, 0) is 11.3 Å². The van der Waals surface area contributed by atoms with Gasteiger partial charge < -0.3 is 9.84 Å². The van der Waals surface area contributed by atoms with Crippen LogP contribution in [-0.4, -0.2) is 44.5 Å². The third-order valence-corrected chi connectivity index (χ3v) is 5.72. The minimum absolute atomic E-state index is 0.0398. The molecule has 0 spiro atoms. The highest BCUT2D eigenvalue weighted by Crippen LogP contribution is 2.41. The van der Waals surface area contributed by atoms with E-state index in [9.17, 15) is 9.90 Å². The van der Waals surface area contributed by atoms with Gasteiger partial charge >= 0.3 is 0 Å². The van der Waals surface area contributed by atoms with Crippen molar-refractivity contribution in [1.29, 1.82) is 0 Å². The molecular weight excluding hydrogens is 496 g/mol. The summed E-state index contributed by atoms with van der Waals surface area (Å²) < 4.78 is 6.07. The predicted octanol–water partition coefficient (Wildman–Crippen LogP) is 2.73. The second kappa shape index (κ2) is 8.93. The lowest BCUT2D eigenvalue weighted by atomic mass is 10.2. The Bertz CT molecular complexity index is 1020. The van der Waals surface area contributed by atoms with Crippen LogP contribution in [0.15, 0.2) is 50.4 Å². The number of hydrogen-bond acceptors (Lipinski definition) is 7. The fraction of sp³-hybridized carbons (Fsp3) is 0.118. The van der Waals surface area contributed by atoms with E-state index < -0.39 is 5.91 Å². The molecule has 144 valence electrons. The van der Waals surface area contributed by atoms with Gasteiger partial charge in [0.1, 0.15) is 6.54 Å². The highest BCUT2D eigenvalue weighted by molar-refractivity contribution is 9.13. The number of ether oxygens (including phenoxy) is 1. The summed E-state index contributed by atoms with van der Waals surface area (Å²) in [5.41, 5.74) is 3.79. The second-order valence-electron chi connectivity index (χ2n) is 5.45. The van der Waals surface area contributed by atoms with Crippen LogP contribution in [0, 0.1) is 0 Å². The first-order chi connectivity index (χ1) is 13.5. The molecular formula is C17H14Br2N6O3. The van der Waals surface area contributed by atoms with Crippen LogP contribution in [0.4, 0.5) is 0 Å². The maximum absolute atomic E-state index is 12.0. The third kappa shape index (κ3) is 4.54. The van der Waals surface area contributed by atoms with Crippen molar-refractivity contribution in [3.05, 3.63) is 50.9 Å². The Kier molecular flexibility index (Phi) is 6.37. The molecule has 1 aromatic heterocycles. The zero-order chi connectivity index (χ0) is 20.1. The number of carbonyl (C=O) groups excluding carboxylic acids is 1. The molecule has 2 N–H and O–H groups in total. The Morgan fingerprint density at radius 2 is 2.07 bits per heavy atom. The SMILES string of the molecule is COc1cc(/C=N\NC(=O)Cn2nnc(-c3ccccc3)n2)c(Br)c(Br)c1O. The van der Waals surface area contributed by atoms with E-state index in [1.54, 1.807) is 6.07 Å². The summed E-state index contributed by atoms with van der Waals surface area (Å²) in [6.45, 7) is -0.138. The van der Waals surface area contributed by atoms with E-state index in [0.717, 1.165) is 5.56 Å². The normalized spacial score (nSPS) is 11.0. The number of carbonyl (C=O) groups is 1. The molecule has 3 rings (SSSR count). The number of aromatic nitrogens is 4. The van der Waals surface area contributed by atoms with Crippen LogP contribution in [0.1, 0.15) is 5.56 Å². The Morgan fingerprint density at radius 1 is 1.32 bits per heavy atom. The number of nitrogens with zero attached hydrogens (tertiary/aromatic N) is 5. The molecule has 1 heterocycles. The van der Waals surface area contributed by atoms with E-state index in [4.69, 9.17) is 4.74 Å². The Morgan fingerprint density at radius 3 is 2.79 bits per heavy atom. The lowest BCUT2D eigenvalue weighted by Gasteiger charge is -2.09. The molecule has 0 aliphatic rings. The number of nitrogens with one attached hydrogen (secondary N) is 1. The van der Waals surface area contributed by atoms with E-state index in [1.165, 1.54) is 18.1 Å². The smallest absolute Gasteiger partial charge is 0.263 e. The van der Waals surface area contributed by atoms with Crippen molar-refractivity contribution >= 4 is 44.0 Å². The number of rotatable bonds is 6. The van der Waals surface area contributed by atoms with E-state index in [0.29, 0.717) is 20.3 Å². The van der Waals surface area contributed by atoms with E-state index in [2.05, 4.69) is 57.8 Å². The highest BCUT2D eigenvalue weighted by atomic mass is 79.9. The molecule has 0 unspecified atom stereocenters. The van der Waals surface area contributed by atoms with Crippen molar-refractivity contribution in [1.82, 2.24) is 25.6 Å². The van der Waals surface area contributed by atoms with Crippen LogP contribution < -0.4 is 10.2 Å². The number of amides is 1. The van der Waals surface area contributed by atoms with Crippen LogP contribution >= 0.6 is 31.9 Å². The molecule has 0 saturated carbocycles.